The Hall–Kier alpha value is -2.66. The van der Waals surface area contributed by atoms with Gasteiger partial charge in [-0.25, -0.2) is 0 Å². The van der Waals surface area contributed by atoms with Crippen LogP contribution in [0.3, 0.4) is 0 Å². The molecule has 0 amide bonds. The lowest BCUT2D eigenvalue weighted by atomic mass is 9.70. The zero-order valence-electron chi connectivity index (χ0n) is 36.2. The van der Waals surface area contributed by atoms with E-state index in [1.165, 1.54) is 0 Å². The fraction of sp³-hybridized carbons (Fsp3) is 0.545. The molecule has 0 aromatic heterocycles. The molecule has 9 rings (SSSR count). The average molecular weight is 756 g/mol. The first-order chi connectivity index (χ1) is 25.6. The van der Waals surface area contributed by atoms with Crippen molar-refractivity contribution in [1.29, 1.82) is 0 Å². The molecule has 56 heavy (non-hydrogen) atoms. The van der Waals surface area contributed by atoms with Crippen LogP contribution in [0.5, 0.6) is 0 Å². The van der Waals surface area contributed by atoms with E-state index in [9.17, 15) is 0 Å². The van der Waals surface area contributed by atoms with Gasteiger partial charge in [0.25, 0.3) is 0 Å². The van der Waals surface area contributed by atoms with Crippen molar-refractivity contribution in [2.24, 2.45) is 0 Å². The van der Waals surface area contributed by atoms with Crippen LogP contribution >= 0.6 is 0 Å². The molecule has 5 aromatic rings. The van der Waals surface area contributed by atoms with Gasteiger partial charge in [0.1, 0.15) is 0 Å². The van der Waals surface area contributed by atoms with Crippen molar-refractivity contribution in [3.8, 4) is 0 Å². The van der Waals surface area contributed by atoms with Gasteiger partial charge in [0.05, 0.1) is 44.8 Å². The van der Waals surface area contributed by atoms with Crippen LogP contribution in [0.4, 0.5) is 0 Å². The second-order valence-corrected chi connectivity index (χ2v) is 20.8. The number of fused-ring (bicyclic) bond motifs is 2. The highest BCUT2D eigenvalue weighted by atomic mass is 16.7. The smallest absolute Gasteiger partial charge is 0.399 e. The summed E-state index contributed by atoms with van der Waals surface area (Å²) >= 11 is 0. The highest BCUT2D eigenvalue weighted by Gasteiger charge is 2.55. The summed E-state index contributed by atoms with van der Waals surface area (Å²) in [6, 6.07) is 17.9. The van der Waals surface area contributed by atoms with E-state index in [0.29, 0.717) is 0 Å². The first kappa shape index (κ1) is 38.8. The predicted octanol–water partition coefficient (Wildman–Crippen LogP) is 6.93. The molecular weight excluding hydrogens is 700 g/mol. The van der Waals surface area contributed by atoms with Crippen LogP contribution in [0.2, 0.25) is 0 Å². The van der Waals surface area contributed by atoms with Crippen LogP contribution in [0.1, 0.15) is 111 Å². The third-order valence-electron chi connectivity index (χ3n) is 14.9. The van der Waals surface area contributed by atoms with Crippen molar-refractivity contribution < 1.29 is 37.2 Å². The van der Waals surface area contributed by atoms with Gasteiger partial charge in [-0.2, -0.15) is 0 Å². The molecule has 4 saturated heterocycles. The Labute approximate surface area is 333 Å². The second-order valence-electron chi connectivity index (χ2n) is 20.8. The fourth-order valence-corrected chi connectivity index (χ4v) is 8.44. The van der Waals surface area contributed by atoms with E-state index in [4.69, 9.17) is 37.2 Å². The zero-order valence-corrected chi connectivity index (χ0v) is 36.2. The number of benzene rings is 5. The van der Waals surface area contributed by atoms with Gasteiger partial charge in [-0.3, -0.25) is 0 Å². The molecule has 0 radical (unpaired) electrons. The van der Waals surface area contributed by atoms with Crippen LogP contribution in [-0.4, -0.2) is 73.3 Å². The SMILES string of the molecule is CC1(C)OB(c2cc3cc(B4OC(C)(C)C(C)(C)O4)cc4c5cc(B6OC(C)(C)C(C)(C)O6)cc6cc(B7OC(C)(C)C(C)(C)O7)cc(c(c2)c34)c65)OC1(C)C. The Balaban J connectivity index is 1.36. The Kier molecular flexibility index (Phi) is 8.00. The van der Waals surface area contributed by atoms with Gasteiger partial charge < -0.3 is 37.2 Å². The van der Waals surface area contributed by atoms with Crippen LogP contribution in [0, 0.1) is 0 Å². The van der Waals surface area contributed by atoms with Crippen LogP contribution in [0.25, 0.3) is 43.1 Å². The highest BCUT2D eigenvalue weighted by molar-refractivity contribution is 6.66. The molecule has 0 bridgehead atoms. The molecule has 5 aromatic carbocycles. The topological polar surface area (TPSA) is 73.8 Å². The minimum Gasteiger partial charge on any atom is -0.399 e. The Morgan fingerprint density at radius 3 is 0.589 bits per heavy atom. The van der Waals surface area contributed by atoms with Crippen molar-refractivity contribution in [3.63, 3.8) is 0 Å². The molecule has 4 fully saturated rings. The first-order valence-corrected chi connectivity index (χ1v) is 20.3. The van der Waals surface area contributed by atoms with Gasteiger partial charge in [0.15, 0.2) is 0 Å². The Bertz CT molecular complexity index is 2060. The average Bonchev–Trinajstić information content (AvgIpc) is 3.62. The van der Waals surface area contributed by atoms with Crippen LogP contribution < -0.4 is 21.9 Å². The minimum absolute atomic E-state index is 0.500. The molecule has 0 spiro atoms. The molecular formula is C44H56B4O8. The van der Waals surface area contributed by atoms with Crippen molar-refractivity contribution in [2.45, 2.75) is 156 Å². The molecule has 0 N–H and O–H groups in total. The first-order valence-electron chi connectivity index (χ1n) is 20.3. The molecule has 292 valence electrons. The summed E-state index contributed by atoms with van der Waals surface area (Å²) in [6.45, 7) is 33.5. The van der Waals surface area contributed by atoms with Crippen LogP contribution in [-0.2, 0) is 37.2 Å². The summed E-state index contributed by atoms with van der Waals surface area (Å²) in [5.74, 6) is 0. The molecule has 0 aliphatic carbocycles. The highest BCUT2D eigenvalue weighted by Crippen LogP contribution is 2.44. The van der Waals surface area contributed by atoms with E-state index in [2.05, 4.69) is 159 Å². The molecule has 0 unspecified atom stereocenters. The fourth-order valence-electron chi connectivity index (χ4n) is 8.44. The third kappa shape index (κ3) is 5.53. The summed E-state index contributed by atoms with van der Waals surface area (Å²) in [7, 11) is -2.23. The molecule has 4 aliphatic rings. The van der Waals surface area contributed by atoms with Gasteiger partial charge in [-0.1, -0.05) is 48.5 Å². The Morgan fingerprint density at radius 2 is 0.429 bits per heavy atom. The maximum Gasteiger partial charge on any atom is 0.494 e. The molecule has 4 heterocycles. The normalized spacial score (nSPS) is 25.6. The number of rotatable bonds is 4. The Morgan fingerprint density at radius 1 is 0.268 bits per heavy atom. The lowest BCUT2D eigenvalue weighted by molar-refractivity contribution is 0.00578. The maximum absolute atomic E-state index is 6.69. The lowest BCUT2D eigenvalue weighted by Gasteiger charge is -2.32. The summed E-state index contributed by atoms with van der Waals surface area (Å²) in [5, 5.41) is 8.77. The van der Waals surface area contributed by atoms with Gasteiger partial charge in [-0.05, 0) is 176 Å². The summed E-state index contributed by atoms with van der Waals surface area (Å²) < 4.78 is 53.5. The zero-order chi connectivity index (χ0) is 40.6. The van der Waals surface area contributed by atoms with E-state index < -0.39 is 73.3 Å². The third-order valence-corrected chi connectivity index (χ3v) is 14.9. The van der Waals surface area contributed by atoms with Gasteiger partial charge >= 0.3 is 28.5 Å². The van der Waals surface area contributed by atoms with Crippen LogP contribution in [0.15, 0.2) is 48.5 Å². The molecule has 8 nitrogen and oxygen atoms in total. The van der Waals surface area contributed by atoms with Crippen molar-refractivity contribution >= 4 is 93.4 Å². The molecule has 4 aliphatic heterocycles. The second kappa shape index (κ2) is 11.5. The quantitative estimate of drug-likeness (QED) is 0.111. The van der Waals surface area contributed by atoms with E-state index in [-0.39, 0.29) is 0 Å². The predicted molar refractivity (Wildman–Crippen MR) is 231 cm³/mol. The van der Waals surface area contributed by atoms with Crippen molar-refractivity contribution in [1.82, 2.24) is 0 Å². The van der Waals surface area contributed by atoms with Crippen molar-refractivity contribution in [3.05, 3.63) is 48.5 Å². The van der Waals surface area contributed by atoms with E-state index in [1.807, 2.05) is 0 Å². The van der Waals surface area contributed by atoms with E-state index in [1.54, 1.807) is 0 Å². The molecule has 12 heteroatoms. The standard InChI is InChI=1S/C44H56B4O8/c1-37(2)38(3,4)50-45(49-37)27-17-25-18-28(46-51-39(5,6)40(7,8)52-46)23-33-34-24-30(48-55-43(13,14)44(15,16)56-48)20-26-19-29(47-53-41(9,10)42(11,12)54-47)22-32(36(26)34)31(21-27)35(25)33/h17-24H,1-16H3. The molecule has 0 saturated carbocycles. The van der Waals surface area contributed by atoms with Gasteiger partial charge in [0, 0.05) is 0 Å². The van der Waals surface area contributed by atoms with Crippen molar-refractivity contribution in [2.75, 3.05) is 0 Å². The molecule has 0 atom stereocenters. The summed E-state index contributed by atoms with van der Waals surface area (Å²) in [6.07, 6.45) is 0. The summed E-state index contributed by atoms with van der Waals surface area (Å²) in [5.41, 5.74) is -0.186. The van der Waals surface area contributed by atoms with Gasteiger partial charge in [-0.15, -0.1) is 0 Å². The van der Waals surface area contributed by atoms with E-state index in [0.717, 1.165) is 64.9 Å². The van der Waals surface area contributed by atoms with Gasteiger partial charge in [0.2, 0.25) is 0 Å². The number of hydrogen-bond acceptors (Lipinski definition) is 8. The largest absolute Gasteiger partial charge is 0.494 e. The number of hydrogen-bond donors (Lipinski definition) is 0. The lowest BCUT2D eigenvalue weighted by Crippen LogP contribution is -2.41. The van der Waals surface area contributed by atoms with E-state index >= 15 is 0 Å². The summed E-state index contributed by atoms with van der Waals surface area (Å²) in [4.78, 5) is 0. The minimum atomic E-state index is -0.557. The monoisotopic (exact) mass is 756 g/mol. The maximum atomic E-state index is 6.69.